The van der Waals surface area contributed by atoms with E-state index in [1.165, 1.54) is 0 Å². The second-order valence-corrected chi connectivity index (χ2v) is 6.51. The van der Waals surface area contributed by atoms with Gasteiger partial charge < -0.3 is 29.6 Å². The summed E-state index contributed by atoms with van der Waals surface area (Å²) in [6.45, 7) is 4.77. The van der Waals surface area contributed by atoms with Gasteiger partial charge in [0.2, 0.25) is 0 Å². The third-order valence-electron chi connectivity index (χ3n) is 4.62. The molecule has 1 heterocycles. The molecule has 1 aromatic rings. The van der Waals surface area contributed by atoms with Gasteiger partial charge in [0.15, 0.2) is 5.96 Å². The first-order valence-corrected chi connectivity index (χ1v) is 9.57. The fourth-order valence-electron chi connectivity index (χ4n) is 2.94. The van der Waals surface area contributed by atoms with Crippen LogP contribution in [0.2, 0.25) is 0 Å². The van der Waals surface area contributed by atoms with Crippen molar-refractivity contribution >= 4 is 29.9 Å². The van der Waals surface area contributed by atoms with Crippen LogP contribution in [-0.2, 0) is 16.0 Å². The first-order chi connectivity index (χ1) is 13.3. The van der Waals surface area contributed by atoms with Gasteiger partial charge in [-0.2, -0.15) is 0 Å². The van der Waals surface area contributed by atoms with E-state index < -0.39 is 0 Å². The van der Waals surface area contributed by atoms with E-state index in [9.17, 15) is 0 Å². The molecular weight excluding hydrogens is 473 g/mol. The maximum Gasteiger partial charge on any atom is 0.191 e. The first kappa shape index (κ1) is 24.8. The number of halogens is 1. The van der Waals surface area contributed by atoms with Gasteiger partial charge in [-0.1, -0.05) is 0 Å². The number of guanidine groups is 1. The molecule has 0 aliphatic carbocycles. The zero-order valence-corrected chi connectivity index (χ0v) is 19.5. The highest BCUT2D eigenvalue weighted by Crippen LogP contribution is 2.24. The Hall–Kier alpha value is -1.26. The van der Waals surface area contributed by atoms with Gasteiger partial charge in [-0.3, -0.25) is 4.99 Å². The van der Waals surface area contributed by atoms with Crippen molar-refractivity contribution in [1.82, 2.24) is 10.6 Å². The molecule has 0 saturated carbocycles. The highest BCUT2D eigenvalue weighted by molar-refractivity contribution is 14.0. The molecule has 0 radical (unpaired) electrons. The van der Waals surface area contributed by atoms with E-state index in [-0.39, 0.29) is 24.0 Å². The van der Waals surface area contributed by atoms with Gasteiger partial charge in [-0.25, -0.2) is 0 Å². The van der Waals surface area contributed by atoms with Gasteiger partial charge in [0.1, 0.15) is 11.5 Å². The van der Waals surface area contributed by atoms with Gasteiger partial charge in [0.05, 0.1) is 14.2 Å². The molecule has 1 aliphatic rings. The van der Waals surface area contributed by atoms with E-state index in [0.29, 0.717) is 12.5 Å². The number of aliphatic imine (C=N–C) groups is 1. The molecule has 1 saturated heterocycles. The van der Waals surface area contributed by atoms with E-state index in [2.05, 4.69) is 15.6 Å². The summed E-state index contributed by atoms with van der Waals surface area (Å²) in [4.78, 5) is 4.26. The summed E-state index contributed by atoms with van der Waals surface area (Å²) in [5.74, 6) is 2.98. The summed E-state index contributed by atoms with van der Waals surface area (Å²) in [6, 6.07) is 5.79. The minimum Gasteiger partial charge on any atom is -0.497 e. The lowest BCUT2D eigenvalue weighted by Crippen LogP contribution is -2.37. The molecule has 1 aromatic carbocycles. The topological polar surface area (TPSA) is 73.3 Å². The molecule has 1 aliphatic heterocycles. The lowest BCUT2D eigenvalue weighted by Gasteiger charge is -2.21. The van der Waals surface area contributed by atoms with Gasteiger partial charge >= 0.3 is 0 Å². The fraction of sp³-hybridized carbons (Fsp3) is 0.650. The number of hydrogen-bond donors (Lipinski definition) is 2. The smallest absolute Gasteiger partial charge is 0.191 e. The Kier molecular flexibility index (Phi) is 13.0. The Labute approximate surface area is 185 Å². The number of benzene rings is 1. The number of hydrogen-bond acceptors (Lipinski definition) is 5. The molecule has 8 heteroatoms. The molecule has 7 nitrogen and oxygen atoms in total. The number of nitrogens with one attached hydrogen (secondary N) is 2. The molecule has 0 unspecified atom stereocenters. The van der Waals surface area contributed by atoms with Crippen molar-refractivity contribution in [2.75, 3.05) is 54.2 Å². The van der Waals surface area contributed by atoms with Crippen LogP contribution >= 0.6 is 24.0 Å². The van der Waals surface area contributed by atoms with Gasteiger partial charge in [0.25, 0.3) is 0 Å². The van der Waals surface area contributed by atoms with Crippen LogP contribution in [0.25, 0.3) is 0 Å². The van der Waals surface area contributed by atoms with Gasteiger partial charge in [-0.15, -0.1) is 24.0 Å². The van der Waals surface area contributed by atoms with Crippen LogP contribution in [0, 0.1) is 5.92 Å². The molecule has 1 fully saturated rings. The summed E-state index contributed by atoms with van der Waals surface area (Å²) in [6.07, 6.45) is 3.17. The zero-order chi connectivity index (χ0) is 19.3. The lowest BCUT2D eigenvalue weighted by atomic mass is 10.0. The fourth-order valence-corrected chi connectivity index (χ4v) is 2.94. The van der Waals surface area contributed by atoms with Crippen molar-refractivity contribution in [1.29, 1.82) is 0 Å². The molecule has 0 atom stereocenters. The average Bonchev–Trinajstić information content (AvgIpc) is 2.73. The van der Waals surface area contributed by atoms with Crippen LogP contribution < -0.4 is 20.1 Å². The van der Waals surface area contributed by atoms with Crippen molar-refractivity contribution in [2.24, 2.45) is 10.9 Å². The second kappa shape index (κ2) is 14.7. The van der Waals surface area contributed by atoms with Crippen LogP contribution in [0.4, 0.5) is 0 Å². The highest BCUT2D eigenvalue weighted by Gasteiger charge is 2.13. The van der Waals surface area contributed by atoms with E-state index >= 15 is 0 Å². The number of ether oxygens (including phenoxy) is 4. The zero-order valence-electron chi connectivity index (χ0n) is 17.2. The van der Waals surface area contributed by atoms with Crippen molar-refractivity contribution in [2.45, 2.75) is 25.8 Å². The van der Waals surface area contributed by atoms with Gasteiger partial charge in [0, 0.05) is 58.2 Å². The molecule has 0 bridgehead atoms. The Morgan fingerprint density at radius 2 is 1.96 bits per heavy atom. The van der Waals surface area contributed by atoms with Crippen LogP contribution in [0.3, 0.4) is 0 Å². The van der Waals surface area contributed by atoms with E-state index in [1.807, 2.05) is 18.2 Å². The first-order valence-electron chi connectivity index (χ1n) is 9.57. The Morgan fingerprint density at radius 3 is 2.64 bits per heavy atom. The minimum absolute atomic E-state index is 0. The predicted molar refractivity (Wildman–Crippen MR) is 122 cm³/mol. The Bertz CT molecular complexity index is 581. The van der Waals surface area contributed by atoms with Gasteiger partial charge in [-0.05, 0) is 37.3 Å². The van der Waals surface area contributed by atoms with E-state index in [0.717, 1.165) is 75.3 Å². The van der Waals surface area contributed by atoms with E-state index in [1.54, 1.807) is 21.3 Å². The molecule has 0 aromatic heterocycles. The number of rotatable bonds is 10. The second-order valence-electron chi connectivity index (χ2n) is 6.51. The normalized spacial score (nSPS) is 14.9. The Balaban J connectivity index is 0.00000392. The predicted octanol–water partition coefficient (Wildman–Crippen LogP) is 2.82. The monoisotopic (exact) mass is 507 g/mol. The van der Waals surface area contributed by atoms with Crippen molar-refractivity contribution in [3.63, 3.8) is 0 Å². The number of methoxy groups -OCH3 is 2. The molecule has 160 valence electrons. The van der Waals surface area contributed by atoms with Crippen LogP contribution in [0.1, 0.15) is 24.8 Å². The third-order valence-corrected chi connectivity index (χ3v) is 4.62. The van der Waals surface area contributed by atoms with Crippen LogP contribution in [0.5, 0.6) is 11.5 Å². The highest BCUT2D eigenvalue weighted by atomic mass is 127. The lowest BCUT2D eigenvalue weighted by molar-refractivity contribution is 0.0203. The SMILES string of the molecule is CN=C(NCCCOCC1CCOCC1)NCc1ccc(OC)cc1OC.I. The molecule has 0 spiro atoms. The quantitative estimate of drug-likeness (QED) is 0.220. The maximum absolute atomic E-state index is 5.79. The number of nitrogens with zero attached hydrogens (tertiary/aromatic N) is 1. The molecule has 2 rings (SSSR count). The van der Waals surface area contributed by atoms with Crippen molar-refractivity contribution in [3.05, 3.63) is 23.8 Å². The van der Waals surface area contributed by atoms with Crippen molar-refractivity contribution in [3.8, 4) is 11.5 Å². The summed E-state index contributed by atoms with van der Waals surface area (Å²) in [7, 11) is 5.07. The van der Waals surface area contributed by atoms with E-state index in [4.69, 9.17) is 18.9 Å². The molecule has 2 N–H and O–H groups in total. The Morgan fingerprint density at radius 1 is 1.18 bits per heavy atom. The minimum atomic E-state index is 0. The molecule has 0 amide bonds. The van der Waals surface area contributed by atoms with Crippen molar-refractivity contribution < 1.29 is 18.9 Å². The third kappa shape index (κ3) is 8.83. The maximum atomic E-state index is 5.79. The summed E-state index contributed by atoms with van der Waals surface area (Å²) >= 11 is 0. The van der Waals surface area contributed by atoms with Crippen LogP contribution in [0.15, 0.2) is 23.2 Å². The summed E-state index contributed by atoms with van der Waals surface area (Å²) < 4.78 is 21.8. The molecular formula is C20H34IN3O4. The average molecular weight is 507 g/mol. The summed E-state index contributed by atoms with van der Waals surface area (Å²) in [5, 5.41) is 6.62. The standard InChI is InChI=1S/C20H33N3O4.HI/c1-21-20(22-9-4-10-27-15-16-7-11-26-12-8-16)23-14-17-5-6-18(24-2)13-19(17)25-3;/h5-6,13,16H,4,7-12,14-15H2,1-3H3,(H2,21,22,23);1H. The largest absolute Gasteiger partial charge is 0.497 e. The molecule has 28 heavy (non-hydrogen) atoms. The van der Waals surface area contributed by atoms with Crippen LogP contribution in [-0.4, -0.2) is 60.2 Å². The summed E-state index contributed by atoms with van der Waals surface area (Å²) in [5.41, 5.74) is 1.04.